The van der Waals surface area contributed by atoms with Crippen LogP contribution in [0.2, 0.25) is 0 Å². The van der Waals surface area contributed by atoms with Gasteiger partial charge in [0.05, 0.1) is 10.6 Å². The molecule has 3 aromatic heterocycles. The summed E-state index contributed by atoms with van der Waals surface area (Å²) >= 11 is 6.66. The molecule has 0 atom stereocenters. The van der Waals surface area contributed by atoms with Gasteiger partial charge in [-0.1, -0.05) is 16.9 Å². The van der Waals surface area contributed by atoms with E-state index in [0.717, 1.165) is 14.5 Å². The molecule has 1 saturated carbocycles. The first kappa shape index (κ1) is 13.5. The van der Waals surface area contributed by atoms with Crippen LogP contribution in [0.3, 0.4) is 0 Å². The van der Waals surface area contributed by atoms with Gasteiger partial charge in [-0.25, -0.2) is 4.98 Å². The van der Waals surface area contributed by atoms with Crippen molar-refractivity contribution in [2.24, 2.45) is 0 Å². The molecule has 0 aromatic carbocycles. The molecule has 0 saturated heterocycles. The van der Waals surface area contributed by atoms with E-state index in [1.54, 1.807) is 23.1 Å². The maximum Gasteiger partial charge on any atom is 0.237 e. The maximum atomic E-state index is 5.31. The van der Waals surface area contributed by atoms with Gasteiger partial charge in [0, 0.05) is 28.3 Å². The summed E-state index contributed by atoms with van der Waals surface area (Å²) in [4.78, 5) is 9.83. The van der Waals surface area contributed by atoms with Crippen LogP contribution in [0.5, 0.6) is 0 Å². The molecule has 0 bridgehead atoms. The third-order valence-corrected chi connectivity index (χ3v) is 5.81. The van der Waals surface area contributed by atoms with E-state index < -0.39 is 0 Å². The zero-order valence-corrected chi connectivity index (χ0v) is 14.1. The Morgan fingerprint density at radius 1 is 1.48 bits per heavy atom. The summed E-state index contributed by atoms with van der Waals surface area (Å²) < 4.78 is 8.59. The number of thiophene rings is 1. The minimum Gasteiger partial charge on any atom is -0.338 e. The highest BCUT2D eigenvalue weighted by Crippen LogP contribution is 2.38. The Bertz CT molecular complexity index is 762. The fourth-order valence-electron chi connectivity index (χ4n) is 2.01. The lowest BCUT2D eigenvalue weighted by Crippen LogP contribution is -1.94. The number of nitrogens with zero attached hydrogens (tertiary/aromatic N) is 4. The molecule has 1 fully saturated rings. The third kappa shape index (κ3) is 2.93. The second-order valence-electron chi connectivity index (χ2n) is 4.78. The first-order valence-corrected chi connectivity index (χ1v) is 9.18. The first-order chi connectivity index (χ1) is 10.3. The van der Waals surface area contributed by atoms with E-state index in [1.165, 1.54) is 12.8 Å². The third-order valence-electron chi connectivity index (χ3n) is 3.15. The van der Waals surface area contributed by atoms with Crippen LogP contribution in [0, 0.1) is 0 Å². The molecule has 1 aliphatic rings. The summed E-state index contributed by atoms with van der Waals surface area (Å²) in [5.41, 5.74) is 0. The number of thioether (sulfide) groups is 1. The predicted octanol–water partition coefficient (Wildman–Crippen LogP) is 4.38. The molecule has 0 N–H and O–H groups in total. The van der Waals surface area contributed by atoms with Crippen LogP contribution in [0.15, 0.2) is 38.0 Å². The molecule has 0 spiro atoms. The van der Waals surface area contributed by atoms with E-state index in [-0.39, 0.29) is 0 Å². The van der Waals surface area contributed by atoms with E-state index in [1.807, 2.05) is 23.8 Å². The number of hydrogen-bond donors (Lipinski definition) is 0. The zero-order valence-electron chi connectivity index (χ0n) is 10.9. The summed E-state index contributed by atoms with van der Waals surface area (Å²) in [6, 6.07) is 2.63. The standard InChI is InChI=1S/C13H11BrN4OS2/c14-8-5-10(20-6-8)12-16-11(19-17-12)7-21-13-15-3-4-18(13)9-1-2-9/h3-6,9H,1-2,7H2. The predicted molar refractivity (Wildman–Crippen MR) is 85.4 cm³/mol. The second-order valence-corrected chi connectivity index (χ2v) is 7.55. The number of halogens is 1. The van der Waals surface area contributed by atoms with Crippen LogP contribution in [0.4, 0.5) is 0 Å². The van der Waals surface area contributed by atoms with Crippen molar-refractivity contribution in [3.05, 3.63) is 34.2 Å². The van der Waals surface area contributed by atoms with Gasteiger partial charge in [0.2, 0.25) is 11.7 Å². The van der Waals surface area contributed by atoms with Crippen LogP contribution in [0.25, 0.3) is 10.7 Å². The summed E-state index contributed by atoms with van der Waals surface area (Å²) in [5, 5.41) is 7.06. The topological polar surface area (TPSA) is 56.7 Å². The van der Waals surface area contributed by atoms with E-state index in [2.05, 4.69) is 35.6 Å². The smallest absolute Gasteiger partial charge is 0.237 e. The molecule has 4 rings (SSSR count). The maximum absolute atomic E-state index is 5.31. The van der Waals surface area contributed by atoms with E-state index in [4.69, 9.17) is 4.52 Å². The van der Waals surface area contributed by atoms with Crippen molar-refractivity contribution in [3.8, 4) is 10.7 Å². The summed E-state index contributed by atoms with van der Waals surface area (Å²) in [6.07, 6.45) is 6.40. The highest BCUT2D eigenvalue weighted by Gasteiger charge is 2.25. The minimum absolute atomic E-state index is 0.630. The summed E-state index contributed by atoms with van der Waals surface area (Å²) in [7, 11) is 0. The second kappa shape index (κ2) is 5.58. The Balaban J connectivity index is 1.45. The quantitative estimate of drug-likeness (QED) is 0.612. The number of imidazole rings is 1. The Hall–Kier alpha value is -1.12. The van der Waals surface area contributed by atoms with Crippen molar-refractivity contribution in [2.45, 2.75) is 29.8 Å². The lowest BCUT2D eigenvalue weighted by atomic mass is 10.4. The molecule has 0 unspecified atom stereocenters. The molecule has 0 aliphatic heterocycles. The van der Waals surface area contributed by atoms with Crippen molar-refractivity contribution in [2.75, 3.05) is 0 Å². The first-order valence-electron chi connectivity index (χ1n) is 6.52. The number of aromatic nitrogens is 4. The van der Waals surface area contributed by atoms with Gasteiger partial charge in [-0.2, -0.15) is 4.98 Å². The van der Waals surface area contributed by atoms with Gasteiger partial charge in [-0.05, 0) is 34.8 Å². The van der Waals surface area contributed by atoms with Crippen molar-refractivity contribution in [1.29, 1.82) is 0 Å². The lowest BCUT2D eigenvalue weighted by Gasteiger charge is -2.03. The SMILES string of the molecule is Brc1csc(-c2noc(CSc3nccn3C3CC3)n2)c1. The highest BCUT2D eigenvalue weighted by molar-refractivity contribution is 9.10. The normalized spacial score (nSPS) is 14.7. The van der Waals surface area contributed by atoms with Gasteiger partial charge in [-0.3, -0.25) is 0 Å². The minimum atomic E-state index is 0.630. The average Bonchev–Trinajstić information content (AvgIpc) is 2.92. The zero-order chi connectivity index (χ0) is 14.2. The highest BCUT2D eigenvalue weighted by atomic mass is 79.9. The molecule has 8 heteroatoms. The van der Waals surface area contributed by atoms with Gasteiger partial charge < -0.3 is 9.09 Å². The van der Waals surface area contributed by atoms with Gasteiger partial charge in [-0.15, -0.1) is 11.3 Å². The van der Waals surface area contributed by atoms with Crippen LogP contribution < -0.4 is 0 Å². The summed E-state index contributed by atoms with van der Waals surface area (Å²) in [5.74, 6) is 1.92. The molecular weight excluding hydrogens is 372 g/mol. The van der Waals surface area contributed by atoms with Crippen LogP contribution in [0.1, 0.15) is 24.8 Å². The van der Waals surface area contributed by atoms with E-state index in [0.29, 0.717) is 23.5 Å². The molecule has 0 radical (unpaired) electrons. The Morgan fingerprint density at radius 2 is 2.38 bits per heavy atom. The van der Waals surface area contributed by atoms with Crippen molar-refractivity contribution in [1.82, 2.24) is 19.7 Å². The monoisotopic (exact) mass is 382 g/mol. The van der Waals surface area contributed by atoms with Crippen molar-refractivity contribution < 1.29 is 4.52 Å². The van der Waals surface area contributed by atoms with Gasteiger partial charge >= 0.3 is 0 Å². The lowest BCUT2D eigenvalue weighted by molar-refractivity contribution is 0.391. The fraction of sp³-hybridized carbons (Fsp3) is 0.308. The summed E-state index contributed by atoms with van der Waals surface area (Å²) in [6.45, 7) is 0. The number of rotatable bonds is 5. The fourth-order valence-corrected chi connectivity index (χ4v) is 4.23. The Morgan fingerprint density at radius 3 is 3.14 bits per heavy atom. The van der Waals surface area contributed by atoms with Crippen LogP contribution >= 0.6 is 39.0 Å². The molecule has 3 aromatic rings. The van der Waals surface area contributed by atoms with Gasteiger partial charge in [0.25, 0.3) is 0 Å². The van der Waals surface area contributed by atoms with E-state index in [9.17, 15) is 0 Å². The number of hydrogen-bond acceptors (Lipinski definition) is 6. The molecular formula is C13H11BrN4OS2. The van der Waals surface area contributed by atoms with Crippen molar-refractivity contribution >= 4 is 39.0 Å². The van der Waals surface area contributed by atoms with Gasteiger partial charge in [0.15, 0.2) is 5.16 Å². The molecule has 108 valence electrons. The molecule has 1 aliphatic carbocycles. The van der Waals surface area contributed by atoms with Gasteiger partial charge in [0.1, 0.15) is 0 Å². The van der Waals surface area contributed by atoms with Crippen molar-refractivity contribution in [3.63, 3.8) is 0 Å². The van der Waals surface area contributed by atoms with Crippen LogP contribution in [-0.4, -0.2) is 19.7 Å². The Kier molecular flexibility index (Phi) is 3.60. The molecule has 0 amide bonds. The van der Waals surface area contributed by atoms with Crippen LogP contribution in [-0.2, 0) is 5.75 Å². The largest absolute Gasteiger partial charge is 0.338 e. The molecule has 21 heavy (non-hydrogen) atoms. The van der Waals surface area contributed by atoms with E-state index >= 15 is 0 Å². The average molecular weight is 383 g/mol. The molecule has 3 heterocycles. The Labute approximate surface area is 137 Å². The molecule has 5 nitrogen and oxygen atoms in total.